The van der Waals surface area contributed by atoms with E-state index in [2.05, 4.69) is 18.6 Å². The van der Waals surface area contributed by atoms with Crippen molar-refractivity contribution >= 4 is 15.7 Å². The number of unbranched alkanes of at least 4 members (excludes halogenated alkanes) is 2. The molecule has 0 saturated carbocycles. The van der Waals surface area contributed by atoms with Crippen LogP contribution in [-0.4, -0.2) is 14.2 Å². The van der Waals surface area contributed by atoms with Crippen molar-refractivity contribution < 1.29 is 8.42 Å². The first-order chi connectivity index (χ1) is 9.54. The van der Waals surface area contributed by atoms with Crippen LogP contribution in [0.5, 0.6) is 0 Å². The zero-order chi connectivity index (χ0) is 15.0. The zero-order valence-electron chi connectivity index (χ0n) is 12.9. The van der Waals surface area contributed by atoms with E-state index in [-0.39, 0.29) is 5.75 Å². The fourth-order valence-electron chi connectivity index (χ4n) is 2.16. The van der Waals surface area contributed by atoms with Crippen LogP contribution in [0.1, 0.15) is 57.6 Å². The van der Waals surface area contributed by atoms with Gasteiger partial charge in [-0.05, 0) is 43.7 Å². The first-order valence-corrected chi connectivity index (χ1v) is 9.30. The van der Waals surface area contributed by atoms with Gasteiger partial charge in [0.15, 0.2) is 0 Å². The molecular weight excluding hydrogens is 270 g/mol. The van der Waals surface area contributed by atoms with Crippen molar-refractivity contribution in [2.45, 2.75) is 59.3 Å². The zero-order valence-corrected chi connectivity index (χ0v) is 13.7. The van der Waals surface area contributed by atoms with E-state index in [1.165, 1.54) is 0 Å². The number of benzene rings is 1. The second-order valence-corrected chi connectivity index (χ2v) is 7.17. The van der Waals surface area contributed by atoms with Gasteiger partial charge in [0.05, 0.1) is 11.4 Å². The average Bonchev–Trinajstić information content (AvgIpc) is 2.44. The summed E-state index contributed by atoms with van der Waals surface area (Å²) in [5.41, 5.74) is 3.08. The molecule has 0 aromatic heterocycles. The molecule has 0 spiro atoms. The van der Waals surface area contributed by atoms with Gasteiger partial charge in [0.1, 0.15) is 0 Å². The minimum atomic E-state index is -3.22. The Balaban J connectivity index is 3.10. The van der Waals surface area contributed by atoms with Crippen molar-refractivity contribution in [3.05, 3.63) is 29.3 Å². The molecule has 1 aromatic carbocycles. The third kappa shape index (κ3) is 5.16. The van der Waals surface area contributed by atoms with Gasteiger partial charge in [0.25, 0.3) is 0 Å². The molecule has 0 amide bonds. The molecule has 0 unspecified atom stereocenters. The quantitative estimate of drug-likeness (QED) is 0.745. The van der Waals surface area contributed by atoms with E-state index < -0.39 is 10.0 Å². The highest BCUT2D eigenvalue weighted by atomic mass is 32.2. The summed E-state index contributed by atoms with van der Waals surface area (Å²) in [6, 6.07) is 6.12. The maximum absolute atomic E-state index is 11.9. The van der Waals surface area contributed by atoms with Gasteiger partial charge in [0, 0.05) is 0 Å². The van der Waals surface area contributed by atoms with Gasteiger partial charge in [-0.2, -0.15) is 0 Å². The van der Waals surface area contributed by atoms with Crippen LogP contribution >= 0.6 is 0 Å². The fourth-order valence-corrected chi connectivity index (χ4v) is 2.88. The first-order valence-electron chi connectivity index (χ1n) is 7.65. The molecule has 0 bridgehead atoms. The second kappa shape index (κ2) is 8.30. The molecule has 0 aliphatic carbocycles. The number of anilines is 1. The number of rotatable bonds is 9. The lowest BCUT2D eigenvalue weighted by Gasteiger charge is -2.16. The van der Waals surface area contributed by atoms with Crippen molar-refractivity contribution in [1.29, 1.82) is 0 Å². The molecule has 20 heavy (non-hydrogen) atoms. The Morgan fingerprint density at radius 2 is 1.45 bits per heavy atom. The Bertz CT molecular complexity index is 483. The van der Waals surface area contributed by atoms with E-state index in [1.807, 2.05) is 18.2 Å². The highest BCUT2D eigenvalue weighted by Crippen LogP contribution is 2.26. The first kappa shape index (κ1) is 17.0. The molecule has 114 valence electrons. The molecule has 0 heterocycles. The maximum Gasteiger partial charge on any atom is 0.232 e. The Hall–Kier alpha value is -1.03. The Kier molecular flexibility index (Phi) is 7.06. The summed E-state index contributed by atoms with van der Waals surface area (Å²) in [6.45, 7) is 5.97. The lowest BCUT2D eigenvalue weighted by molar-refractivity contribution is 0.602. The predicted molar refractivity (Wildman–Crippen MR) is 86.7 cm³/mol. The van der Waals surface area contributed by atoms with E-state index in [1.54, 1.807) is 6.92 Å². The molecule has 3 nitrogen and oxygen atoms in total. The van der Waals surface area contributed by atoms with Crippen LogP contribution < -0.4 is 4.72 Å². The van der Waals surface area contributed by atoms with E-state index >= 15 is 0 Å². The van der Waals surface area contributed by atoms with Gasteiger partial charge in [-0.15, -0.1) is 0 Å². The van der Waals surface area contributed by atoms with Crippen LogP contribution in [0.4, 0.5) is 5.69 Å². The van der Waals surface area contributed by atoms with Crippen molar-refractivity contribution in [3.63, 3.8) is 0 Å². The van der Waals surface area contributed by atoms with E-state index in [0.717, 1.165) is 55.3 Å². The highest BCUT2D eigenvalue weighted by molar-refractivity contribution is 7.92. The number of hydrogen-bond donors (Lipinski definition) is 1. The summed E-state index contributed by atoms with van der Waals surface area (Å²) in [5.74, 6) is 0.113. The molecule has 1 rings (SSSR count). The fraction of sp³-hybridized carbons (Fsp3) is 0.625. The number of aryl methyl sites for hydroxylation is 2. The molecule has 1 N–H and O–H groups in total. The minimum Gasteiger partial charge on any atom is -0.283 e. The summed E-state index contributed by atoms with van der Waals surface area (Å²) in [6.07, 6.45) is 6.24. The molecule has 0 radical (unpaired) electrons. The molecule has 1 aromatic rings. The lowest BCUT2D eigenvalue weighted by atomic mass is 9.99. The van der Waals surface area contributed by atoms with Gasteiger partial charge in [0.2, 0.25) is 10.0 Å². The molecule has 0 aliphatic rings. The number of sulfonamides is 1. The van der Waals surface area contributed by atoms with Crippen LogP contribution in [0.25, 0.3) is 0 Å². The summed E-state index contributed by atoms with van der Waals surface area (Å²) < 4.78 is 26.6. The Morgan fingerprint density at radius 1 is 0.950 bits per heavy atom. The molecular formula is C16H27NO2S. The van der Waals surface area contributed by atoms with Gasteiger partial charge in [-0.1, -0.05) is 44.9 Å². The Morgan fingerprint density at radius 3 is 1.85 bits per heavy atom. The number of hydrogen-bond acceptors (Lipinski definition) is 2. The van der Waals surface area contributed by atoms with Crippen LogP contribution in [0.2, 0.25) is 0 Å². The maximum atomic E-state index is 11.9. The average molecular weight is 297 g/mol. The summed E-state index contributed by atoms with van der Waals surface area (Å²) in [5, 5.41) is 0. The van der Waals surface area contributed by atoms with Crippen LogP contribution in [0.3, 0.4) is 0 Å². The highest BCUT2D eigenvalue weighted by Gasteiger charge is 2.14. The smallest absolute Gasteiger partial charge is 0.232 e. The van der Waals surface area contributed by atoms with Gasteiger partial charge in [-0.3, -0.25) is 4.72 Å². The second-order valence-electron chi connectivity index (χ2n) is 5.16. The summed E-state index contributed by atoms with van der Waals surface area (Å²) in [4.78, 5) is 0. The summed E-state index contributed by atoms with van der Waals surface area (Å²) in [7, 11) is -3.22. The molecule has 0 atom stereocenters. The van der Waals surface area contributed by atoms with Crippen molar-refractivity contribution in [3.8, 4) is 0 Å². The standard InChI is InChI=1S/C16H27NO2S/c1-4-7-10-14-12-9-13-15(11-8-5-2)16(14)17-20(18,19)6-3/h9,12-13,17H,4-8,10-11H2,1-3H3. The topological polar surface area (TPSA) is 46.2 Å². The normalized spacial score (nSPS) is 11.6. The third-order valence-electron chi connectivity index (χ3n) is 3.47. The minimum absolute atomic E-state index is 0.113. The molecule has 0 aliphatic heterocycles. The largest absolute Gasteiger partial charge is 0.283 e. The van der Waals surface area contributed by atoms with Crippen molar-refractivity contribution in [1.82, 2.24) is 0 Å². The SMILES string of the molecule is CCCCc1cccc(CCCC)c1NS(=O)(=O)CC. The monoisotopic (exact) mass is 297 g/mol. The van der Waals surface area contributed by atoms with E-state index in [9.17, 15) is 8.42 Å². The van der Waals surface area contributed by atoms with Crippen LogP contribution in [0.15, 0.2) is 18.2 Å². The summed E-state index contributed by atoms with van der Waals surface area (Å²) >= 11 is 0. The number of para-hydroxylation sites is 1. The molecule has 0 saturated heterocycles. The Labute approximate surface area is 123 Å². The van der Waals surface area contributed by atoms with Crippen LogP contribution in [-0.2, 0) is 22.9 Å². The van der Waals surface area contributed by atoms with Crippen LogP contribution in [0, 0.1) is 0 Å². The third-order valence-corrected chi connectivity index (χ3v) is 4.75. The number of nitrogens with one attached hydrogen (secondary N) is 1. The van der Waals surface area contributed by atoms with Gasteiger partial charge >= 0.3 is 0 Å². The van der Waals surface area contributed by atoms with Crippen molar-refractivity contribution in [2.75, 3.05) is 10.5 Å². The van der Waals surface area contributed by atoms with Crippen molar-refractivity contribution in [2.24, 2.45) is 0 Å². The van der Waals surface area contributed by atoms with Gasteiger partial charge in [-0.25, -0.2) is 8.42 Å². The molecule has 4 heteroatoms. The van der Waals surface area contributed by atoms with Gasteiger partial charge < -0.3 is 0 Å². The lowest BCUT2D eigenvalue weighted by Crippen LogP contribution is -2.17. The predicted octanol–water partition coefficient (Wildman–Crippen LogP) is 4.13. The molecule has 0 fully saturated rings. The van der Waals surface area contributed by atoms with E-state index in [0.29, 0.717) is 0 Å². The van der Waals surface area contributed by atoms with E-state index in [4.69, 9.17) is 0 Å².